The van der Waals surface area contributed by atoms with Crippen molar-refractivity contribution in [1.29, 1.82) is 0 Å². The first kappa shape index (κ1) is 14.3. The monoisotopic (exact) mass is 352 g/mol. The summed E-state index contributed by atoms with van der Waals surface area (Å²) in [6, 6.07) is 4.66. The van der Waals surface area contributed by atoms with Crippen LogP contribution >= 0.6 is 15.9 Å². The number of aromatic nitrogens is 2. The molecule has 0 atom stereocenters. The van der Waals surface area contributed by atoms with E-state index in [4.69, 9.17) is 0 Å². The van der Waals surface area contributed by atoms with Crippen LogP contribution in [0.2, 0.25) is 0 Å². The molecule has 0 saturated heterocycles. The van der Waals surface area contributed by atoms with Crippen LogP contribution in [0.4, 0.5) is 4.39 Å². The lowest BCUT2D eigenvalue weighted by molar-refractivity contribution is 0.0697. The first-order valence-corrected chi connectivity index (χ1v) is 7.63. The van der Waals surface area contributed by atoms with E-state index in [-0.39, 0.29) is 22.9 Å². The van der Waals surface area contributed by atoms with E-state index in [0.29, 0.717) is 4.47 Å². The van der Waals surface area contributed by atoms with Crippen LogP contribution in [0.3, 0.4) is 0 Å². The molecule has 1 aliphatic rings. The lowest BCUT2D eigenvalue weighted by atomic mass is 10.1. The average molecular weight is 353 g/mol. The van der Waals surface area contributed by atoms with E-state index in [9.17, 15) is 14.3 Å². The van der Waals surface area contributed by atoms with Gasteiger partial charge in [0.1, 0.15) is 17.1 Å². The van der Waals surface area contributed by atoms with Crippen molar-refractivity contribution in [3.63, 3.8) is 0 Å². The second kappa shape index (κ2) is 5.60. The maximum atomic E-state index is 14.0. The van der Waals surface area contributed by atoms with Crippen molar-refractivity contribution in [1.82, 2.24) is 9.78 Å². The topological polar surface area (TPSA) is 55.1 Å². The second-order valence-electron chi connectivity index (χ2n) is 5.24. The van der Waals surface area contributed by atoms with E-state index < -0.39 is 11.8 Å². The Labute approximate surface area is 129 Å². The summed E-state index contributed by atoms with van der Waals surface area (Å²) in [5.74, 6) is -1.56. The third-order valence-corrected chi connectivity index (χ3v) is 4.34. The maximum Gasteiger partial charge on any atom is 0.339 e. The van der Waals surface area contributed by atoms with Crippen LogP contribution in [-0.4, -0.2) is 20.9 Å². The van der Waals surface area contributed by atoms with E-state index in [1.54, 1.807) is 16.8 Å². The third-order valence-electron chi connectivity index (χ3n) is 3.84. The molecule has 1 heterocycles. The Hall–Kier alpha value is -1.69. The molecule has 0 unspecified atom stereocenters. The molecule has 1 aromatic heterocycles. The number of carboxylic acids is 1. The average Bonchev–Trinajstić information content (AvgIpc) is 3.09. The molecule has 1 fully saturated rings. The molecule has 6 heteroatoms. The number of aromatic carboxylic acids is 1. The zero-order chi connectivity index (χ0) is 15.0. The fourth-order valence-electron chi connectivity index (χ4n) is 2.78. The van der Waals surface area contributed by atoms with Gasteiger partial charge in [0.15, 0.2) is 0 Å². The fraction of sp³-hybridized carbons (Fsp3) is 0.333. The predicted molar refractivity (Wildman–Crippen MR) is 79.8 cm³/mol. The number of hydrogen-bond acceptors (Lipinski definition) is 2. The molecule has 1 aliphatic carbocycles. The Kier molecular flexibility index (Phi) is 3.80. The van der Waals surface area contributed by atoms with E-state index >= 15 is 0 Å². The highest BCUT2D eigenvalue weighted by Gasteiger charge is 2.24. The summed E-state index contributed by atoms with van der Waals surface area (Å²) in [5.41, 5.74) is 0.436. The summed E-state index contributed by atoms with van der Waals surface area (Å²) < 4.78 is 16.4. The van der Waals surface area contributed by atoms with E-state index in [2.05, 4.69) is 21.0 Å². The molecular formula is C15H14BrFN2O2. The molecule has 0 aliphatic heterocycles. The highest BCUT2D eigenvalue weighted by molar-refractivity contribution is 9.10. The Balaban J connectivity index is 2.11. The summed E-state index contributed by atoms with van der Waals surface area (Å²) >= 11 is 3.28. The molecule has 4 nitrogen and oxygen atoms in total. The van der Waals surface area contributed by atoms with Gasteiger partial charge in [-0.2, -0.15) is 5.10 Å². The quantitative estimate of drug-likeness (QED) is 0.897. The Morgan fingerprint density at radius 1 is 1.38 bits per heavy atom. The van der Waals surface area contributed by atoms with Crippen LogP contribution in [0.25, 0.3) is 11.3 Å². The summed E-state index contributed by atoms with van der Waals surface area (Å²) in [6.45, 7) is 0. The minimum Gasteiger partial charge on any atom is -0.478 e. The summed E-state index contributed by atoms with van der Waals surface area (Å²) in [4.78, 5) is 11.4. The SMILES string of the molecule is O=C(O)c1cn(C2CCCC2)nc1-c1cc(Br)ccc1F. The number of carboxylic acid groups (broad SMARTS) is 1. The van der Waals surface area contributed by atoms with Crippen molar-refractivity contribution < 1.29 is 14.3 Å². The second-order valence-corrected chi connectivity index (χ2v) is 6.15. The van der Waals surface area contributed by atoms with E-state index in [1.165, 1.54) is 12.3 Å². The maximum absolute atomic E-state index is 14.0. The van der Waals surface area contributed by atoms with Crippen molar-refractivity contribution in [2.45, 2.75) is 31.7 Å². The van der Waals surface area contributed by atoms with E-state index in [0.717, 1.165) is 25.7 Å². The summed E-state index contributed by atoms with van der Waals surface area (Å²) in [7, 11) is 0. The van der Waals surface area contributed by atoms with Crippen LogP contribution in [0.15, 0.2) is 28.9 Å². The molecular weight excluding hydrogens is 339 g/mol. The van der Waals surface area contributed by atoms with Crippen LogP contribution in [0, 0.1) is 5.82 Å². The van der Waals surface area contributed by atoms with Gasteiger partial charge in [-0.15, -0.1) is 0 Å². The van der Waals surface area contributed by atoms with Gasteiger partial charge in [0.25, 0.3) is 0 Å². The van der Waals surface area contributed by atoms with Gasteiger partial charge in [0.05, 0.1) is 6.04 Å². The van der Waals surface area contributed by atoms with Gasteiger partial charge in [0, 0.05) is 16.2 Å². The standard InChI is InChI=1S/C15H14BrFN2O2/c16-9-5-6-13(17)11(7-9)14-12(15(20)21)8-19(18-14)10-3-1-2-4-10/h5-8,10H,1-4H2,(H,20,21). The summed E-state index contributed by atoms with van der Waals surface area (Å²) in [5, 5.41) is 13.7. The van der Waals surface area contributed by atoms with E-state index in [1.807, 2.05) is 0 Å². The molecule has 0 bridgehead atoms. The van der Waals surface area contributed by atoms with Gasteiger partial charge >= 0.3 is 5.97 Å². The lowest BCUT2D eigenvalue weighted by Crippen LogP contribution is -2.05. The number of nitrogens with zero attached hydrogens (tertiary/aromatic N) is 2. The molecule has 0 radical (unpaired) electrons. The molecule has 0 spiro atoms. The van der Waals surface area contributed by atoms with Crippen molar-refractivity contribution in [3.05, 3.63) is 40.2 Å². The lowest BCUT2D eigenvalue weighted by Gasteiger charge is -2.08. The number of halogens is 2. The molecule has 1 N–H and O–H groups in total. The molecule has 110 valence electrons. The summed E-state index contributed by atoms with van der Waals surface area (Å²) in [6.07, 6.45) is 5.73. The van der Waals surface area contributed by atoms with Crippen LogP contribution in [-0.2, 0) is 0 Å². The zero-order valence-electron chi connectivity index (χ0n) is 11.2. The molecule has 1 aromatic carbocycles. The molecule has 3 rings (SSSR count). The number of benzene rings is 1. The molecule has 0 amide bonds. The van der Waals surface area contributed by atoms with Crippen LogP contribution in [0.1, 0.15) is 42.1 Å². The van der Waals surface area contributed by atoms with Crippen molar-refractivity contribution in [2.75, 3.05) is 0 Å². The van der Waals surface area contributed by atoms with Crippen molar-refractivity contribution in [3.8, 4) is 11.3 Å². The first-order chi connectivity index (χ1) is 10.1. The minimum atomic E-state index is -1.09. The highest BCUT2D eigenvalue weighted by atomic mass is 79.9. The van der Waals surface area contributed by atoms with Gasteiger partial charge in [-0.3, -0.25) is 4.68 Å². The minimum absolute atomic E-state index is 0.0406. The molecule has 2 aromatic rings. The smallest absolute Gasteiger partial charge is 0.339 e. The van der Waals surface area contributed by atoms with Gasteiger partial charge < -0.3 is 5.11 Å². The number of carbonyl (C=O) groups is 1. The van der Waals surface area contributed by atoms with Gasteiger partial charge in [-0.1, -0.05) is 28.8 Å². The zero-order valence-corrected chi connectivity index (χ0v) is 12.8. The predicted octanol–water partition coefficient (Wildman–Crippen LogP) is 4.27. The van der Waals surface area contributed by atoms with Crippen LogP contribution < -0.4 is 0 Å². The Bertz CT molecular complexity index is 693. The van der Waals surface area contributed by atoms with Gasteiger partial charge in [-0.25, -0.2) is 9.18 Å². The first-order valence-electron chi connectivity index (χ1n) is 6.84. The van der Waals surface area contributed by atoms with Crippen molar-refractivity contribution >= 4 is 21.9 Å². The Morgan fingerprint density at radius 2 is 2.10 bits per heavy atom. The largest absolute Gasteiger partial charge is 0.478 e. The van der Waals surface area contributed by atoms with Gasteiger partial charge in [-0.05, 0) is 31.0 Å². The fourth-order valence-corrected chi connectivity index (χ4v) is 3.14. The number of hydrogen-bond donors (Lipinski definition) is 1. The molecule has 21 heavy (non-hydrogen) atoms. The number of rotatable bonds is 3. The van der Waals surface area contributed by atoms with Crippen LogP contribution in [0.5, 0.6) is 0 Å². The Morgan fingerprint density at radius 3 is 2.76 bits per heavy atom. The molecule has 1 saturated carbocycles. The highest BCUT2D eigenvalue weighted by Crippen LogP contribution is 2.33. The van der Waals surface area contributed by atoms with Crippen molar-refractivity contribution in [2.24, 2.45) is 0 Å². The third kappa shape index (κ3) is 2.72. The normalized spacial score (nSPS) is 15.5. The van der Waals surface area contributed by atoms with Gasteiger partial charge in [0.2, 0.25) is 0 Å².